The average Bonchev–Trinajstić information content (AvgIpc) is 2.20. The molecule has 1 aromatic rings. The Morgan fingerprint density at radius 2 is 2.33 bits per heavy atom. The Labute approximate surface area is 97.1 Å². The van der Waals surface area contributed by atoms with Crippen LogP contribution in [-0.4, -0.2) is 29.3 Å². The minimum atomic E-state index is -0.0736. The Balaban J connectivity index is 2.59. The maximum Gasteiger partial charge on any atom is 0.233 e. The summed E-state index contributed by atoms with van der Waals surface area (Å²) in [4.78, 5) is 7.78. The summed E-state index contributed by atoms with van der Waals surface area (Å²) in [6.45, 7) is 5.03. The van der Waals surface area contributed by atoms with Crippen molar-refractivity contribution in [1.82, 2.24) is 9.97 Å². The monoisotopic (exact) mass is 275 g/mol. The topological polar surface area (TPSA) is 70.3 Å². The van der Waals surface area contributed by atoms with E-state index in [4.69, 9.17) is 15.2 Å². The van der Waals surface area contributed by atoms with Crippen molar-refractivity contribution in [1.29, 1.82) is 0 Å². The lowest BCUT2D eigenvalue weighted by Gasteiger charge is -2.14. The molecule has 1 aromatic heterocycles. The van der Waals surface area contributed by atoms with E-state index in [9.17, 15) is 0 Å². The molecule has 0 aromatic carbocycles. The van der Waals surface area contributed by atoms with Gasteiger partial charge in [-0.05, 0) is 29.8 Å². The van der Waals surface area contributed by atoms with Gasteiger partial charge in [-0.25, -0.2) is 4.98 Å². The van der Waals surface area contributed by atoms with Crippen LogP contribution in [0.25, 0.3) is 0 Å². The van der Waals surface area contributed by atoms with Gasteiger partial charge in [-0.3, -0.25) is 0 Å². The lowest BCUT2D eigenvalue weighted by Crippen LogP contribution is -2.20. The van der Waals surface area contributed by atoms with E-state index >= 15 is 0 Å². The van der Waals surface area contributed by atoms with Gasteiger partial charge in [-0.15, -0.1) is 0 Å². The minimum Gasteiger partial charge on any atom is -0.471 e. The SMILES string of the molecule is CCOCC(C)Oc1nc(N)ncc1Br. The molecule has 0 aliphatic carbocycles. The highest BCUT2D eigenvalue weighted by molar-refractivity contribution is 9.10. The van der Waals surface area contributed by atoms with Crippen molar-refractivity contribution in [2.45, 2.75) is 20.0 Å². The van der Waals surface area contributed by atoms with E-state index < -0.39 is 0 Å². The van der Waals surface area contributed by atoms with Crippen molar-refractivity contribution in [2.24, 2.45) is 0 Å². The van der Waals surface area contributed by atoms with Crippen LogP contribution in [0, 0.1) is 0 Å². The second-order valence-electron chi connectivity index (χ2n) is 2.97. The van der Waals surface area contributed by atoms with E-state index in [1.54, 1.807) is 6.20 Å². The maximum atomic E-state index is 5.53. The van der Waals surface area contributed by atoms with Gasteiger partial charge in [-0.2, -0.15) is 4.98 Å². The Morgan fingerprint density at radius 3 is 3.00 bits per heavy atom. The van der Waals surface area contributed by atoms with Gasteiger partial charge in [-0.1, -0.05) is 0 Å². The van der Waals surface area contributed by atoms with Crippen molar-refractivity contribution in [2.75, 3.05) is 18.9 Å². The third-order valence-electron chi connectivity index (χ3n) is 1.60. The zero-order chi connectivity index (χ0) is 11.3. The summed E-state index contributed by atoms with van der Waals surface area (Å²) in [5.74, 6) is 0.631. The average molecular weight is 276 g/mol. The Bertz CT molecular complexity index is 322. The highest BCUT2D eigenvalue weighted by Crippen LogP contribution is 2.22. The molecule has 0 amide bonds. The standard InChI is InChI=1S/C9H14BrN3O2/c1-3-14-5-6(2)15-8-7(10)4-12-9(11)13-8/h4,6H,3,5H2,1-2H3,(H2,11,12,13). The number of hydrogen-bond acceptors (Lipinski definition) is 5. The Morgan fingerprint density at radius 1 is 1.60 bits per heavy atom. The molecule has 1 heterocycles. The number of hydrogen-bond donors (Lipinski definition) is 1. The molecule has 1 unspecified atom stereocenters. The summed E-state index contributed by atoms with van der Waals surface area (Å²) in [5.41, 5.74) is 5.45. The van der Waals surface area contributed by atoms with Gasteiger partial charge in [0.2, 0.25) is 11.8 Å². The van der Waals surface area contributed by atoms with E-state index in [-0.39, 0.29) is 12.1 Å². The van der Waals surface area contributed by atoms with Crippen molar-refractivity contribution in [3.05, 3.63) is 10.7 Å². The summed E-state index contributed by atoms with van der Waals surface area (Å²) in [6, 6.07) is 0. The van der Waals surface area contributed by atoms with Gasteiger partial charge in [0.05, 0.1) is 17.3 Å². The van der Waals surface area contributed by atoms with Gasteiger partial charge in [0.1, 0.15) is 6.10 Å². The number of halogens is 1. The van der Waals surface area contributed by atoms with Crippen molar-refractivity contribution < 1.29 is 9.47 Å². The van der Waals surface area contributed by atoms with Gasteiger partial charge >= 0.3 is 0 Å². The molecule has 1 rings (SSSR count). The van der Waals surface area contributed by atoms with E-state index in [1.807, 2.05) is 13.8 Å². The molecule has 0 fully saturated rings. The van der Waals surface area contributed by atoms with Crippen molar-refractivity contribution >= 4 is 21.9 Å². The minimum absolute atomic E-state index is 0.0736. The first-order valence-electron chi connectivity index (χ1n) is 4.66. The summed E-state index contributed by atoms with van der Waals surface area (Å²) in [7, 11) is 0. The van der Waals surface area contributed by atoms with Crippen LogP contribution in [-0.2, 0) is 4.74 Å². The lowest BCUT2D eigenvalue weighted by molar-refractivity contribution is 0.0629. The largest absolute Gasteiger partial charge is 0.471 e. The van der Waals surface area contributed by atoms with Crippen LogP contribution in [0.5, 0.6) is 5.88 Å². The first-order chi connectivity index (χ1) is 7.13. The van der Waals surface area contributed by atoms with E-state index in [0.717, 1.165) is 0 Å². The number of rotatable bonds is 5. The van der Waals surface area contributed by atoms with Crippen molar-refractivity contribution in [3.8, 4) is 5.88 Å². The zero-order valence-corrected chi connectivity index (χ0v) is 10.3. The molecule has 0 saturated heterocycles. The smallest absolute Gasteiger partial charge is 0.233 e. The van der Waals surface area contributed by atoms with Gasteiger partial charge in [0, 0.05) is 6.61 Å². The molecule has 0 aliphatic heterocycles. The second-order valence-corrected chi connectivity index (χ2v) is 3.82. The van der Waals surface area contributed by atoms with Crippen LogP contribution >= 0.6 is 15.9 Å². The maximum absolute atomic E-state index is 5.53. The molecule has 0 saturated carbocycles. The first-order valence-corrected chi connectivity index (χ1v) is 5.45. The van der Waals surface area contributed by atoms with Crippen LogP contribution in [0.15, 0.2) is 10.7 Å². The summed E-state index contributed by atoms with van der Waals surface area (Å²) < 4.78 is 11.4. The van der Waals surface area contributed by atoms with Crippen LogP contribution in [0.1, 0.15) is 13.8 Å². The van der Waals surface area contributed by atoms with Crippen LogP contribution in [0.3, 0.4) is 0 Å². The molecule has 2 N–H and O–H groups in total. The number of nitrogens with zero attached hydrogens (tertiary/aromatic N) is 2. The quantitative estimate of drug-likeness (QED) is 0.885. The van der Waals surface area contributed by atoms with Crippen molar-refractivity contribution in [3.63, 3.8) is 0 Å². The van der Waals surface area contributed by atoms with E-state index in [1.165, 1.54) is 0 Å². The third kappa shape index (κ3) is 4.01. The van der Waals surface area contributed by atoms with Crippen LogP contribution < -0.4 is 10.5 Å². The lowest BCUT2D eigenvalue weighted by atomic mass is 10.4. The fraction of sp³-hybridized carbons (Fsp3) is 0.556. The van der Waals surface area contributed by atoms with E-state index in [2.05, 4.69) is 25.9 Å². The van der Waals surface area contributed by atoms with Gasteiger partial charge in [0.15, 0.2) is 0 Å². The molecule has 6 heteroatoms. The molecule has 1 atom stereocenters. The predicted molar refractivity (Wildman–Crippen MR) is 60.7 cm³/mol. The van der Waals surface area contributed by atoms with Crippen LogP contribution in [0.4, 0.5) is 5.95 Å². The number of nitrogen functional groups attached to an aromatic ring is 1. The second kappa shape index (κ2) is 5.87. The number of aromatic nitrogens is 2. The normalized spacial score (nSPS) is 12.5. The summed E-state index contributed by atoms with van der Waals surface area (Å²) in [6.07, 6.45) is 1.49. The molecule has 0 bridgehead atoms. The molecule has 5 nitrogen and oxygen atoms in total. The predicted octanol–water partition coefficient (Wildman–Crippen LogP) is 1.63. The zero-order valence-electron chi connectivity index (χ0n) is 8.74. The fourth-order valence-corrected chi connectivity index (χ4v) is 1.24. The molecular formula is C9H14BrN3O2. The fourth-order valence-electron chi connectivity index (χ4n) is 0.955. The molecule has 0 radical (unpaired) electrons. The Hall–Kier alpha value is -0.880. The van der Waals surface area contributed by atoms with E-state index in [0.29, 0.717) is 23.6 Å². The number of nitrogens with two attached hydrogens (primary N) is 1. The molecule has 0 spiro atoms. The highest BCUT2D eigenvalue weighted by Gasteiger charge is 2.09. The van der Waals surface area contributed by atoms with Crippen LogP contribution in [0.2, 0.25) is 0 Å². The highest BCUT2D eigenvalue weighted by atomic mass is 79.9. The molecular weight excluding hydrogens is 262 g/mol. The number of ether oxygens (including phenoxy) is 2. The number of anilines is 1. The molecule has 0 aliphatic rings. The van der Waals surface area contributed by atoms with Gasteiger partial charge in [0.25, 0.3) is 0 Å². The first kappa shape index (κ1) is 12.2. The third-order valence-corrected chi connectivity index (χ3v) is 2.14. The molecule has 15 heavy (non-hydrogen) atoms. The van der Waals surface area contributed by atoms with Gasteiger partial charge < -0.3 is 15.2 Å². The molecule has 84 valence electrons. The summed E-state index contributed by atoms with van der Waals surface area (Å²) in [5, 5.41) is 0. The summed E-state index contributed by atoms with van der Waals surface area (Å²) >= 11 is 3.28. The Kier molecular flexibility index (Phi) is 4.77.